The summed E-state index contributed by atoms with van der Waals surface area (Å²) in [5.41, 5.74) is 5.27. The zero-order valence-electron chi connectivity index (χ0n) is 23.1. The highest BCUT2D eigenvalue weighted by atomic mass is 32.2. The molecule has 2 aliphatic rings. The van der Waals surface area contributed by atoms with Gasteiger partial charge >= 0.3 is 5.97 Å². The Hall–Kier alpha value is -4.54. The molecule has 6 N–H and O–H groups in total. The number of carboxylic acids is 1. The van der Waals surface area contributed by atoms with Crippen LogP contribution in [0.3, 0.4) is 0 Å². The molecule has 45 heavy (non-hydrogen) atoms. The molecule has 0 bridgehead atoms. The van der Waals surface area contributed by atoms with Crippen LogP contribution in [-0.4, -0.2) is 98.7 Å². The van der Waals surface area contributed by atoms with Crippen LogP contribution in [0.25, 0.3) is 0 Å². The van der Waals surface area contributed by atoms with Gasteiger partial charge in [-0.2, -0.15) is 9.36 Å². The number of nitrogen functional groups attached to an aromatic ring is 1. The van der Waals surface area contributed by atoms with Gasteiger partial charge in [0, 0.05) is 35.3 Å². The molecule has 236 valence electrons. The number of aromatic hydroxyl groups is 1. The first kappa shape index (κ1) is 31.9. The van der Waals surface area contributed by atoms with Crippen LogP contribution in [0.2, 0.25) is 0 Å². The van der Waals surface area contributed by atoms with Crippen molar-refractivity contribution in [1.82, 2.24) is 34.3 Å². The Balaban J connectivity index is 1.21. The van der Waals surface area contributed by atoms with E-state index in [0.717, 1.165) is 33.8 Å². The van der Waals surface area contributed by atoms with E-state index in [2.05, 4.69) is 35.3 Å². The fraction of sp³-hybridized carbons (Fsp3) is 0.304. The molecule has 18 nitrogen and oxygen atoms in total. The Bertz CT molecular complexity index is 1820. The molecule has 0 unspecified atom stereocenters. The number of amides is 3. The van der Waals surface area contributed by atoms with Gasteiger partial charge in [0.05, 0.1) is 5.69 Å². The number of carbonyl (C=O) groups is 4. The summed E-state index contributed by atoms with van der Waals surface area (Å²) in [5, 5.41) is 36.2. The molecular formula is C23H22N10O8S4. The molecule has 2 atom stereocenters. The summed E-state index contributed by atoms with van der Waals surface area (Å²) in [6.07, 6.45) is 1.39. The van der Waals surface area contributed by atoms with Gasteiger partial charge in [-0.25, -0.2) is 4.79 Å². The largest absolute Gasteiger partial charge is 0.503 e. The van der Waals surface area contributed by atoms with E-state index in [9.17, 15) is 34.2 Å². The number of oxime groups is 1. The number of anilines is 2. The Morgan fingerprint density at radius 2 is 2.07 bits per heavy atom. The molecule has 0 spiro atoms. The van der Waals surface area contributed by atoms with Crippen LogP contribution in [0.15, 0.2) is 37.8 Å². The molecule has 0 radical (unpaired) electrons. The number of aliphatic carboxylic acids is 1. The number of nitrogens with one attached hydrogen (secondary N) is 2. The average molecular weight is 695 g/mol. The van der Waals surface area contributed by atoms with Gasteiger partial charge in [0.15, 0.2) is 15.2 Å². The van der Waals surface area contributed by atoms with Gasteiger partial charge in [-0.1, -0.05) is 28.3 Å². The number of hydrogen-bond donors (Lipinski definition) is 5. The normalized spacial score (nSPS) is 17.9. The number of pyridine rings is 1. The highest BCUT2D eigenvalue weighted by molar-refractivity contribution is 8.02. The topological polar surface area (TPSA) is 257 Å². The number of thioether (sulfide) groups is 2. The van der Waals surface area contributed by atoms with Crippen LogP contribution in [-0.2, 0) is 30.6 Å². The van der Waals surface area contributed by atoms with E-state index in [-0.39, 0.29) is 51.2 Å². The van der Waals surface area contributed by atoms with Crippen molar-refractivity contribution in [3.05, 3.63) is 45.3 Å². The monoisotopic (exact) mass is 694 g/mol. The Morgan fingerprint density at radius 3 is 2.76 bits per heavy atom. The van der Waals surface area contributed by atoms with E-state index in [1.807, 2.05) is 0 Å². The number of aromatic nitrogens is 5. The first-order valence-electron chi connectivity index (χ1n) is 12.5. The zero-order valence-corrected chi connectivity index (χ0v) is 26.4. The number of rotatable bonds is 11. The average Bonchev–Trinajstić information content (AvgIpc) is 3.65. The highest BCUT2D eigenvalue weighted by Gasteiger charge is 2.54. The van der Waals surface area contributed by atoms with Crippen molar-refractivity contribution in [2.75, 3.05) is 29.7 Å². The lowest BCUT2D eigenvalue weighted by atomic mass is 10.0. The van der Waals surface area contributed by atoms with E-state index in [1.54, 1.807) is 0 Å². The van der Waals surface area contributed by atoms with Crippen LogP contribution in [0.4, 0.5) is 10.3 Å². The van der Waals surface area contributed by atoms with Crippen molar-refractivity contribution in [2.45, 2.75) is 29.2 Å². The Kier molecular flexibility index (Phi) is 9.36. The third-order valence-electron chi connectivity index (χ3n) is 6.34. The number of β-lactam (4-membered cyclic amide) rings is 1. The van der Waals surface area contributed by atoms with Crippen molar-refractivity contribution in [2.24, 2.45) is 5.16 Å². The maximum atomic E-state index is 13.1. The molecular weight excluding hydrogens is 673 g/mol. The lowest BCUT2D eigenvalue weighted by Crippen LogP contribution is -2.71. The predicted molar refractivity (Wildman–Crippen MR) is 164 cm³/mol. The maximum Gasteiger partial charge on any atom is 0.352 e. The van der Waals surface area contributed by atoms with Gasteiger partial charge in [0.1, 0.15) is 30.8 Å². The quantitative estimate of drug-likeness (QED) is 0.0566. The van der Waals surface area contributed by atoms with Crippen LogP contribution >= 0.6 is 46.4 Å². The van der Waals surface area contributed by atoms with Gasteiger partial charge < -0.3 is 30.7 Å². The van der Waals surface area contributed by atoms with Crippen molar-refractivity contribution in [3.8, 4) is 5.75 Å². The Labute approximate surface area is 268 Å². The number of nitrogens with zero attached hydrogens (tertiary/aromatic N) is 7. The number of nitrogens with two attached hydrogens (primary N) is 1. The van der Waals surface area contributed by atoms with Gasteiger partial charge in [-0.15, -0.1) is 22.0 Å². The molecule has 2 aliphatic heterocycles. The summed E-state index contributed by atoms with van der Waals surface area (Å²) >= 11 is 4.38. The summed E-state index contributed by atoms with van der Waals surface area (Å²) < 4.78 is 5.78. The lowest BCUT2D eigenvalue weighted by molar-refractivity contribution is -0.150. The van der Waals surface area contributed by atoms with Crippen molar-refractivity contribution < 1.29 is 34.2 Å². The van der Waals surface area contributed by atoms with E-state index >= 15 is 0 Å². The van der Waals surface area contributed by atoms with E-state index in [0.29, 0.717) is 9.91 Å². The molecule has 0 saturated carbocycles. The van der Waals surface area contributed by atoms with Crippen molar-refractivity contribution >= 4 is 86.1 Å². The number of carboxylic acid groups (broad SMARTS) is 1. The van der Waals surface area contributed by atoms with E-state index < -0.39 is 46.3 Å². The molecule has 1 saturated heterocycles. The van der Waals surface area contributed by atoms with Crippen molar-refractivity contribution in [3.63, 3.8) is 0 Å². The lowest BCUT2D eigenvalue weighted by Gasteiger charge is -2.49. The third kappa shape index (κ3) is 6.62. The second-order valence-corrected chi connectivity index (χ2v) is 13.2. The second-order valence-electron chi connectivity index (χ2n) is 9.15. The van der Waals surface area contributed by atoms with Crippen LogP contribution in [0.5, 0.6) is 5.75 Å². The fourth-order valence-electron chi connectivity index (χ4n) is 4.23. The van der Waals surface area contributed by atoms with Gasteiger partial charge in [0.25, 0.3) is 11.8 Å². The third-order valence-corrected chi connectivity index (χ3v) is 10.3. The van der Waals surface area contributed by atoms with Crippen LogP contribution in [0, 0.1) is 6.92 Å². The zero-order chi connectivity index (χ0) is 32.4. The maximum absolute atomic E-state index is 13.1. The minimum atomic E-state index is -1.30. The van der Waals surface area contributed by atoms with Crippen LogP contribution in [0.1, 0.15) is 11.5 Å². The predicted octanol–water partition coefficient (Wildman–Crippen LogP) is -0.332. The number of carbonyl (C=O) groups excluding carboxylic acids is 3. The first-order chi connectivity index (χ1) is 21.5. The molecule has 3 amide bonds. The molecule has 5 heterocycles. The highest BCUT2D eigenvalue weighted by Crippen LogP contribution is 2.42. The van der Waals surface area contributed by atoms with E-state index in [4.69, 9.17) is 10.6 Å². The second kappa shape index (κ2) is 13.2. The van der Waals surface area contributed by atoms with Crippen molar-refractivity contribution in [1.29, 1.82) is 0 Å². The SMILES string of the molecule is CO/N=C(\C(=O)N[C@@H]1C(=O)N2C(C(=O)O)=C(CSc3nnc(NC(=O)Cn4ccc(=O)c(O)c4C)s3)CS[C@@H]12)c1nsc(N)n1. The molecule has 5 rings (SSSR count). The molecule has 1 fully saturated rings. The number of hydrogen-bond acceptors (Lipinski definition) is 17. The Morgan fingerprint density at radius 1 is 1.29 bits per heavy atom. The van der Waals surface area contributed by atoms with Crippen LogP contribution < -0.4 is 21.8 Å². The van der Waals surface area contributed by atoms with Gasteiger partial charge in [-0.05, 0) is 12.5 Å². The van der Waals surface area contributed by atoms with Gasteiger partial charge in [-0.3, -0.25) is 29.4 Å². The smallest absolute Gasteiger partial charge is 0.352 e. The summed E-state index contributed by atoms with van der Waals surface area (Å²) in [6, 6.07) is 0.125. The minimum absolute atomic E-state index is 0.0778. The van der Waals surface area contributed by atoms with Gasteiger partial charge in [0.2, 0.25) is 28.0 Å². The fourth-order valence-corrected chi connectivity index (χ4v) is 7.91. The summed E-state index contributed by atoms with van der Waals surface area (Å²) in [5.74, 6) is -3.27. The summed E-state index contributed by atoms with van der Waals surface area (Å²) in [7, 11) is 1.23. The molecule has 3 aromatic heterocycles. The standard InChI is InChI=1S/C23H22N10O8S4/c1-8-15(36)10(34)3-4-32(8)5-11(35)25-22-28-29-23(44-22)43-7-9-6-42-19-13(18(38)33(19)14(9)20(39)40)26-17(37)12(30-41-2)16-27-21(24)45-31-16/h3-4,13,19,36H,5-7H2,1-2H3,(H,26,37)(H,39,40)(H2,24,27,31)(H,25,28,35)/b30-12-/t13-,19+/m1/s1. The molecule has 22 heteroatoms. The number of fused-ring (bicyclic) bond motifs is 1. The summed E-state index contributed by atoms with van der Waals surface area (Å²) in [4.78, 5) is 72.0. The minimum Gasteiger partial charge on any atom is -0.503 e. The molecule has 0 aromatic carbocycles. The molecule has 0 aliphatic carbocycles. The first-order valence-corrected chi connectivity index (χ1v) is 16.2. The van der Waals surface area contributed by atoms with E-state index in [1.165, 1.54) is 48.3 Å². The summed E-state index contributed by atoms with van der Waals surface area (Å²) in [6.45, 7) is 1.32. The molecule has 3 aromatic rings.